The summed E-state index contributed by atoms with van der Waals surface area (Å²) in [5.74, 6) is 0.469. The molecule has 0 spiro atoms. The third-order valence-corrected chi connectivity index (χ3v) is 4.58. The summed E-state index contributed by atoms with van der Waals surface area (Å²) in [4.78, 5) is 4.40. The number of hydrogen-bond donors (Lipinski definition) is 2. The normalized spacial score (nSPS) is 24.4. The van der Waals surface area contributed by atoms with Gasteiger partial charge in [0.05, 0.1) is 30.4 Å². The van der Waals surface area contributed by atoms with Crippen LogP contribution >= 0.6 is 24.0 Å². The number of rotatable bonds is 6. The molecule has 3 unspecified atom stereocenters. The van der Waals surface area contributed by atoms with Gasteiger partial charge in [0.2, 0.25) is 0 Å². The van der Waals surface area contributed by atoms with Gasteiger partial charge in [-0.25, -0.2) is 4.99 Å². The third kappa shape index (κ3) is 5.87. The van der Waals surface area contributed by atoms with Crippen LogP contribution in [0.15, 0.2) is 29.3 Å². The lowest BCUT2D eigenvalue weighted by Gasteiger charge is -2.22. The van der Waals surface area contributed by atoms with Crippen molar-refractivity contribution in [2.24, 2.45) is 4.99 Å². The molecule has 9 heteroatoms. The molecule has 0 aliphatic carbocycles. The number of alkyl halides is 3. The molecular formula is C18H25F3IN3O2. The predicted molar refractivity (Wildman–Crippen MR) is 108 cm³/mol. The Bertz CT molecular complexity index is 643. The zero-order valence-corrected chi connectivity index (χ0v) is 17.4. The molecule has 2 heterocycles. The van der Waals surface area contributed by atoms with E-state index in [0.29, 0.717) is 18.6 Å². The zero-order chi connectivity index (χ0) is 18.6. The molecule has 2 aliphatic heterocycles. The fourth-order valence-electron chi connectivity index (χ4n) is 3.43. The Hall–Kier alpha value is -1.23. The zero-order valence-electron chi connectivity index (χ0n) is 15.1. The highest BCUT2D eigenvalue weighted by molar-refractivity contribution is 14.0. The number of fused-ring (bicyclic) bond motifs is 2. The fraction of sp³-hybridized carbons (Fsp3) is 0.611. The van der Waals surface area contributed by atoms with Crippen LogP contribution in [0.5, 0.6) is 5.75 Å². The summed E-state index contributed by atoms with van der Waals surface area (Å²) in [7, 11) is 0. The van der Waals surface area contributed by atoms with Crippen LogP contribution in [0.1, 0.15) is 31.7 Å². The van der Waals surface area contributed by atoms with Gasteiger partial charge in [-0.15, -0.1) is 24.0 Å². The average molecular weight is 499 g/mol. The van der Waals surface area contributed by atoms with Gasteiger partial charge < -0.3 is 20.1 Å². The molecule has 2 fully saturated rings. The van der Waals surface area contributed by atoms with Gasteiger partial charge in [-0.2, -0.15) is 13.2 Å². The van der Waals surface area contributed by atoms with Gasteiger partial charge in [0, 0.05) is 6.54 Å². The molecule has 3 atom stereocenters. The van der Waals surface area contributed by atoms with Gasteiger partial charge in [0.25, 0.3) is 0 Å². The third-order valence-electron chi connectivity index (χ3n) is 4.58. The molecule has 152 valence electrons. The molecule has 0 saturated carbocycles. The van der Waals surface area contributed by atoms with Crippen LogP contribution in [0.2, 0.25) is 0 Å². The van der Waals surface area contributed by atoms with Crippen molar-refractivity contribution in [3.8, 4) is 5.75 Å². The standard InChI is InChI=1S/C18H24F3N3O2.HI/c1-2-22-17(24-14-11-12-7-8-16(14)26-12)23-9-10-25-15-6-4-3-5-13(15)18(19,20)21;/h3-6,12,14,16H,2,7-11H2,1H3,(H2,22,23,24);1H. The van der Waals surface area contributed by atoms with E-state index in [1.165, 1.54) is 18.2 Å². The molecule has 2 bridgehead atoms. The van der Waals surface area contributed by atoms with E-state index in [1.807, 2.05) is 6.92 Å². The van der Waals surface area contributed by atoms with Crippen molar-refractivity contribution in [2.75, 3.05) is 19.7 Å². The number of guanidine groups is 1. The summed E-state index contributed by atoms with van der Waals surface area (Å²) in [6, 6.07) is 5.44. The Morgan fingerprint density at radius 2 is 2.07 bits per heavy atom. The van der Waals surface area contributed by atoms with E-state index >= 15 is 0 Å². The second-order valence-corrected chi connectivity index (χ2v) is 6.46. The second-order valence-electron chi connectivity index (χ2n) is 6.46. The smallest absolute Gasteiger partial charge is 0.419 e. The van der Waals surface area contributed by atoms with Gasteiger partial charge in [-0.3, -0.25) is 0 Å². The first-order valence-electron chi connectivity index (χ1n) is 8.96. The lowest BCUT2D eigenvalue weighted by atomic mass is 9.96. The number of aliphatic imine (C=N–C) groups is 1. The Kier molecular flexibility index (Phi) is 8.02. The largest absolute Gasteiger partial charge is 0.491 e. The molecule has 1 aromatic carbocycles. The van der Waals surface area contributed by atoms with E-state index in [4.69, 9.17) is 9.47 Å². The minimum atomic E-state index is -4.43. The number of benzene rings is 1. The highest BCUT2D eigenvalue weighted by Crippen LogP contribution is 2.36. The molecule has 3 rings (SSSR count). The monoisotopic (exact) mass is 499 g/mol. The highest BCUT2D eigenvalue weighted by atomic mass is 127. The molecule has 2 aliphatic rings. The van der Waals surface area contributed by atoms with E-state index in [1.54, 1.807) is 0 Å². The summed E-state index contributed by atoms with van der Waals surface area (Å²) in [6.45, 7) is 2.98. The quantitative estimate of drug-likeness (QED) is 0.272. The van der Waals surface area contributed by atoms with Crippen LogP contribution in [0.25, 0.3) is 0 Å². The van der Waals surface area contributed by atoms with Crippen molar-refractivity contribution < 1.29 is 22.6 Å². The Morgan fingerprint density at radius 1 is 1.30 bits per heavy atom. The number of para-hydroxylation sites is 1. The van der Waals surface area contributed by atoms with Gasteiger partial charge in [-0.1, -0.05) is 12.1 Å². The van der Waals surface area contributed by atoms with Crippen molar-refractivity contribution in [1.29, 1.82) is 0 Å². The maximum atomic E-state index is 12.9. The Labute approximate surface area is 174 Å². The Morgan fingerprint density at radius 3 is 2.70 bits per heavy atom. The molecule has 0 aromatic heterocycles. The molecule has 2 saturated heterocycles. The lowest BCUT2D eigenvalue weighted by Crippen LogP contribution is -2.47. The van der Waals surface area contributed by atoms with Gasteiger partial charge in [0.1, 0.15) is 12.4 Å². The van der Waals surface area contributed by atoms with Crippen LogP contribution in [0, 0.1) is 0 Å². The number of halogens is 4. The summed E-state index contributed by atoms with van der Waals surface area (Å²) < 4.78 is 50.0. The summed E-state index contributed by atoms with van der Waals surface area (Å²) in [6.07, 6.45) is -0.744. The van der Waals surface area contributed by atoms with Crippen LogP contribution in [-0.2, 0) is 10.9 Å². The molecule has 1 aromatic rings. The van der Waals surface area contributed by atoms with Crippen LogP contribution in [-0.4, -0.2) is 43.9 Å². The van der Waals surface area contributed by atoms with Crippen LogP contribution in [0.4, 0.5) is 13.2 Å². The summed E-state index contributed by atoms with van der Waals surface area (Å²) in [5, 5.41) is 6.51. The molecule has 0 amide bonds. The highest BCUT2D eigenvalue weighted by Gasteiger charge is 2.41. The van der Waals surface area contributed by atoms with Gasteiger partial charge in [-0.05, 0) is 38.3 Å². The number of hydrogen-bond acceptors (Lipinski definition) is 3. The van der Waals surface area contributed by atoms with Crippen molar-refractivity contribution in [3.05, 3.63) is 29.8 Å². The van der Waals surface area contributed by atoms with Gasteiger partial charge >= 0.3 is 6.18 Å². The fourth-order valence-corrected chi connectivity index (χ4v) is 3.43. The number of nitrogens with zero attached hydrogens (tertiary/aromatic N) is 1. The van der Waals surface area contributed by atoms with Crippen LogP contribution in [0.3, 0.4) is 0 Å². The Balaban J connectivity index is 0.00000261. The minimum Gasteiger partial charge on any atom is -0.491 e. The SMILES string of the molecule is CCNC(=NCCOc1ccccc1C(F)(F)F)NC1CC2CCC1O2.I. The van der Waals surface area contributed by atoms with E-state index in [9.17, 15) is 13.2 Å². The van der Waals surface area contributed by atoms with E-state index in [-0.39, 0.29) is 55.0 Å². The molecular weight excluding hydrogens is 474 g/mol. The number of ether oxygens (including phenoxy) is 2. The second kappa shape index (κ2) is 9.81. The van der Waals surface area contributed by atoms with E-state index in [0.717, 1.165) is 25.3 Å². The molecule has 27 heavy (non-hydrogen) atoms. The van der Waals surface area contributed by atoms with Crippen molar-refractivity contribution >= 4 is 29.9 Å². The molecule has 2 N–H and O–H groups in total. The maximum absolute atomic E-state index is 12.9. The predicted octanol–water partition coefficient (Wildman–Crippen LogP) is 3.58. The molecule has 5 nitrogen and oxygen atoms in total. The van der Waals surface area contributed by atoms with Crippen molar-refractivity contribution in [1.82, 2.24) is 10.6 Å². The minimum absolute atomic E-state index is 0. The summed E-state index contributed by atoms with van der Waals surface area (Å²) in [5.41, 5.74) is -0.770. The first-order chi connectivity index (χ1) is 12.5. The van der Waals surface area contributed by atoms with E-state index in [2.05, 4.69) is 15.6 Å². The van der Waals surface area contributed by atoms with E-state index < -0.39 is 11.7 Å². The molecule has 0 radical (unpaired) electrons. The number of nitrogens with one attached hydrogen (secondary N) is 2. The van der Waals surface area contributed by atoms with Crippen molar-refractivity contribution in [2.45, 2.75) is 50.6 Å². The topological polar surface area (TPSA) is 54.9 Å². The first kappa shape index (κ1) is 22.1. The first-order valence-corrected chi connectivity index (χ1v) is 8.96. The summed E-state index contributed by atoms with van der Waals surface area (Å²) >= 11 is 0. The van der Waals surface area contributed by atoms with Crippen LogP contribution < -0.4 is 15.4 Å². The maximum Gasteiger partial charge on any atom is 0.419 e. The lowest BCUT2D eigenvalue weighted by molar-refractivity contribution is -0.138. The average Bonchev–Trinajstić information content (AvgIpc) is 3.21. The van der Waals surface area contributed by atoms with Crippen molar-refractivity contribution in [3.63, 3.8) is 0 Å². The van der Waals surface area contributed by atoms with Gasteiger partial charge in [0.15, 0.2) is 5.96 Å².